The van der Waals surface area contributed by atoms with Crippen molar-refractivity contribution in [1.82, 2.24) is 4.90 Å². The van der Waals surface area contributed by atoms with Crippen molar-refractivity contribution in [1.29, 1.82) is 0 Å². The van der Waals surface area contributed by atoms with Crippen molar-refractivity contribution in [2.75, 3.05) is 20.2 Å². The van der Waals surface area contributed by atoms with Gasteiger partial charge in [0.25, 0.3) is 0 Å². The van der Waals surface area contributed by atoms with Gasteiger partial charge in [0, 0.05) is 18.0 Å². The predicted octanol–water partition coefficient (Wildman–Crippen LogP) is 2.99. The normalized spacial score (nSPS) is 44.5. The number of piperidine rings is 1. The van der Waals surface area contributed by atoms with Crippen LogP contribution in [0.5, 0.6) is 5.75 Å². The zero-order valence-corrected chi connectivity index (χ0v) is 15.2. The fraction of sp³-hybridized carbons (Fsp3) is 0.727. The number of hydrogen-bond donors (Lipinski definition) is 1. The lowest BCUT2D eigenvalue weighted by Crippen LogP contribution is -2.63. The summed E-state index contributed by atoms with van der Waals surface area (Å²) in [5.74, 6) is 4.06. The lowest BCUT2D eigenvalue weighted by atomic mass is 9.51. The molecule has 3 nitrogen and oxygen atoms in total. The number of hydrogen-bond acceptors (Lipinski definition) is 3. The molecule has 0 amide bonds. The van der Waals surface area contributed by atoms with Gasteiger partial charge >= 0.3 is 0 Å². The largest absolute Gasteiger partial charge is 0.497 e. The number of methoxy groups -OCH3 is 1. The molecule has 1 aliphatic heterocycles. The predicted molar refractivity (Wildman–Crippen MR) is 96.8 cm³/mol. The second-order valence-corrected chi connectivity index (χ2v) is 9.50. The molecular weight excluding hydrogens is 310 g/mol. The molecule has 4 aliphatic carbocycles. The Bertz CT molecular complexity index is 714. The molecule has 1 aromatic carbocycles. The summed E-state index contributed by atoms with van der Waals surface area (Å²) in [6, 6.07) is 7.46. The molecule has 5 aliphatic rings. The molecule has 0 spiro atoms. The Morgan fingerprint density at radius 2 is 2.16 bits per heavy atom. The fourth-order valence-corrected chi connectivity index (χ4v) is 6.91. The second-order valence-electron chi connectivity index (χ2n) is 9.50. The highest BCUT2D eigenvalue weighted by molar-refractivity contribution is 5.47. The van der Waals surface area contributed by atoms with Gasteiger partial charge in [-0.05, 0) is 92.0 Å². The molecule has 3 saturated carbocycles. The molecule has 0 radical (unpaired) electrons. The zero-order chi connectivity index (χ0) is 16.8. The average molecular weight is 339 g/mol. The van der Waals surface area contributed by atoms with E-state index in [1.165, 1.54) is 56.3 Å². The maximum atomic E-state index is 10.8. The molecule has 4 fully saturated rings. The number of aliphatic hydroxyl groups is 1. The van der Waals surface area contributed by atoms with Crippen molar-refractivity contribution >= 4 is 0 Å². The van der Waals surface area contributed by atoms with Crippen molar-refractivity contribution in [3.8, 4) is 5.75 Å². The highest BCUT2D eigenvalue weighted by Crippen LogP contribution is 2.66. The monoisotopic (exact) mass is 339 g/mol. The Hall–Kier alpha value is -1.06. The number of ether oxygens (including phenoxy) is 1. The molecule has 6 rings (SSSR count). The minimum Gasteiger partial charge on any atom is -0.497 e. The maximum absolute atomic E-state index is 10.8. The highest BCUT2D eigenvalue weighted by atomic mass is 16.5. The minimum absolute atomic E-state index is 0.0889. The third-order valence-electron chi connectivity index (χ3n) is 8.26. The van der Waals surface area contributed by atoms with Crippen molar-refractivity contribution in [3.63, 3.8) is 0 Å². The number of nitrogens with zero attached hydrogens (tertiary/aromatic N) is 1. The lowest BCUT2D eigenvalue weighted by molar-refractivity contribution is -0.0560. The van der Waals surface area contributed by atoms with Gasteiger partial charge in [0.2, 0.25) is 0 Å². The molecule has 134 valence electrons. The van der Waals surface area contributed by atoms with Crippen LogP contribution in [0.2, 0.25) is 0 Å². The molecule has 1 saturated heterocycles. The van der Waals surface area contributed by atoms with Crippen molar-refractivity contribution in [3.05, 3.63) is 29.3 Å². The van der Waals surface area contributed by atoms with E-state index >= 15 is 0 Å². The van der Waals surface area contributed by atoms with E-state index in [4.69, 9.17) is 4.74 Å². The fourth-order valence-electron chi connectivity index (χ4n) is 6.91. The van der Waals surface area contributed by atoms with Crippen LogP contribution in [0.25, 0.3) is 0 Å². The zero-order valence-electron chi connectivity index (χ0n) is 15.2. The van der Waals surface area contributed by atoms with Gasteiger partial charge in [-0.2, -0.15) is 0 Å². The molecule has 1 aromatic rings. The van der Waals surface area contributed by atoms with Crippen LogP contribution in [0.4, 0.5) is 0 Å². The Kier molecular flexibility index (Phi) is 3.02. The van der Waals surface area contributed by atoms with E-state index in [1.807, 2.05) is 0 Å². The SMILES string of the molecule is COc1ccc2c(c1)[C@]13CCN(CC4CC4)[C@H](C2)[C@H]1C1CC1C(O)C3. The molecule has 1 N–H and O–H groups in total. The third-order valence-corrected chi connectivity index (χ3v) is 8.26. The lowest BCUT2D eigenvalue weighted by Gasteiger charge is -2.60. The summed E-state index contributed by atoms with van der Waals surface area (Å²) in [6.07, 6.45) is 7.47. The summed E-state index contributed by atoms with van der Waals surface area (Å²) in [6.45, 7) is 2.54. The molecule has 1 heterocycles. The van der Waals surface area contributed by atoms with Crippen LogP contribution in [0.15, 0.2) is 18.2 Å². The first kappa shape index (κ1) is 15.0. The summed E-state index contributed by atoms with van der Waals surface area (Å²) < 4.78 is 5.57. The Morgan fingerprint density at radius 3 is 2.96 bits per heavy atom. The van der Waals surface area contributed by atoms with Gasteiger partial charge < -0.3 is 9.84 Å². The van der Waals surface area contributed by atoms with Crippen LogP contribution in [-0.2, 0) is 11.8 Å². The average Bonchev–Trinajstić information content (AvgIpc) is 3.51. The van der Waals surface area contributed by atoms with E-state index in [1.54, 1.807) is 7.11 Å². The van der Waals surface area contributed by atoms with E-state index in [0.29, 0.717) is 12.0 Å². The summed E-state index contributed by atoms with van der Waals surface area (Å²) in [7, 11) is 1.77. The Balaban J connectivity index is 1.47. The van der Waals surface area contributed by atoms with E-state index in [9.17, 15) is 5.11 Å². The summed E-state index contributed by atoms with van der Waals surface area (Å²) >= 11 is 0. The van der Waals surface area contributed by atoms with Crippen LogP contribution in [0.3, 0.4) is 0 Å². The molecule has 3 heteroatoms. The standard InChI is InChI=1S/C22H29NO2/c1-25-15-5-4-14-8-19-21-17-10-16(17)20(24)11-22(21,18(14)9-15)6-7-23(19)12-13-2-3-13/h4-5,9,13,16-17,19-21,24H,2-3,6-8,10-12H2,1H3/t16?,17?,19-,20?,21-,22-/m1/s1. The maximum Gasteiger partial charge on any atom is 0.119 e. The van der Waals surface area contributed by atoms with Gasteiger partial charge in [0.05, 0.1) is 13.2 Å². The number of fused-ring (bicyclic) bond motifs is 2. The van der Waals surface area contributed by atoms with Gasteiger partial charge in [-0.3, -0.25) is 4.90 Å². The highest BCUT2D eigenvalue weighted by Gasteiger charge is 2.66. The molecular formula is C22H29NO2. The molecule has 0 aromatic heterocycles. The van der Waals surface area contributed by atoms with Gasteiger partial charge in [0.1, 0.15) is 5.75 Å². The van der Waals surface area contributed by atoms with Gasteiger partial charge in [0.15, 0.2) is 0 Å². The third kappa shape index (κ3) is 2.06. The summed E-state index contributed by atoms with van der Waals surface area (Å²) in [5, 5.41) is 10.8. The van der Waals surface area contributed by atoms with E-state index in [2.05, 4.69) is 23.1 Å². The molecule has 6 atom stereocenters. The summed E-state index contributed by atoms with van der Waals surface area (Å²) in [4.78, 5) is 2.85. The van der Waals surface area contributed by atoms with E-state index in [0.717, 1.165) is 29.9 Å². The quantitative estimate of drug-likeness (QED) is 0.919. The number of benzene rings is 1. The Morgan fingerprint density at radius 1 is 1.28 bits per heavy atom. The molecule has 25 heavy (non-hydrogen) atoms. The first-order valence-corrected chi connectivity index (χ1v) is 10.3. The second kappa shape index (κ2) is 5.01. The van der Waals surface area contributed by atoms with Crippen LogP contribution < -0.4 is 4.74 Å². The number of aliphatic hydroxyl groups excluding tert-OH is 1. The number of rotatable bonds is 3. The van der Waals surface area contributed by atoms with Crippen LogP contribution >= 0.6 is 0 Å². The van der Waals surface area contributed by atoms with Crippen molar-refractivity contribution in [2.45, 2.75) is 56.1 Å². The first-order chi connectivity index (χ1) is 12.2. The Labute approximate surface area is 150 Å². The molecule has 2 bridgehead atoms. The van der Waals surface area contributed by atoms with Crippen LogP contribution in [-0.4, -0.2) is 42.4 Å². The van der Waals surface area contributed by atoms with Crippen molar-refractivity contribution in [2.24, 2.45) is 23.7 Å². The topological polar surface area (TPSA) is 32.7 Å². The van der Waals surface area contributed by atoms with E-state index < -0.39 is 0 Å². The smallest absolute Gasteiger partial charge is 0.119 e. The van der Waals surface area contributed by atoms with Gasteiger partial charge in [-0.15, -0.1) is 0 Å². The first-order valence-electron chi connectivity index (χ1n) is 10.3. The van der Waals surface area contributed by atoms with Gasteiger partial charge in [-0.1, -0.05) is 6.07 Å². The minimum atomic E-state index is -0.0889. The van der Waals surface area contributed by atoms with Crippen molar-refractivity contribution < 1.29 is 9.84 Å². The van der Waals surface area contributed by atoms with Crippen LogP contribution in [0, 0.1) is 23.7 Å². The van der Waals surface area contributed by atoms with Gasteiger partial charge in [-0.25, -0.2) is 0 Å². The number of likely N-dealkylation sites (tertiary alicyclic amines) is 1. The summed E-state index contributed by atoms with van der Waals surface area (Å²) in [5.41, 5.74) is 3.24. The van der Waals surface area contributed by atoms with Crippen LogP contribution in [0.1, 0.15) is 43.2 Å². The molecule has 3 unspecified atom stereocenters. The van der Waals surface area contributed by atoms with E-state index in [-0.39, 0.29) is 11.5 Å².